The fourth-order valence-electron chi connectivity index (χ4n) is 2.84. The number of amides is 2. The molecule has 0 radical (unpaired) electrons. The molecular formula is C20H15Cl2N5O3. The van der Waals surface area contributed by atoms with Gasteiger partial charge in [-0.2, -0.15) is 10.1 Å². The van der Waals surface area contributed by atoms with Crippen molar-refractivity contribution in [2.75, 3.05) is 11.9 Å². The highest BCUT2D eigenvalue weighted by atomic mass is 35.5. The number of rotatable bonds is 5. The highest BCUT2D eigenvalue weighted by molar-refractivity contribution is 6.36. The van der Waals surface area contributed by atoms with Gasteiger partial charge in [0, 0.05) is 23.4 Å². The number of carbonyl (C=O) groups is 2. The molecule has 4 rings (SSSR count). The molecule has 10 heteroatoms. The van der Waals surface area contributed by atoms with Gasteiger partial charge in [0.2, 0.25) is 17.6 Å². The standard InChI is InChI=1S/C20H15Cl2N5O3/c21-13-6-7-15(14(22)10-13)23-17(28)11-27-18(29)9-8-16(25-27)20-24-19(26-30-20)12-4-2-1-3-5-12/h1-7,10H,8-9,11H2,(H,23,28). The van der Waals surface area contributed by atoms with E-state index in [9.17, 15) is 9.59 Å². The first-order valence-corrected chi connectivity index (χ1v) is 9.77. The van der Waals surface area contributed by atoms with Crippen LogP contribution in [0.15, 0.2) is 58.2 Å². The Morgan fingerprint density at radius 2 is 1.93 bits per heavy atom. The Bertz CT molecular complexity index is 1130. The summed E-state index contributed by atoms with van der Waals surface area (Å²) in [7, 11) is 0. The Morgan fingerprint density at radius 3 is 2.70 bits per heavy atom. The van der Waals surface area contributed by atoms with Gasteiger partial charge in [-0.3, -0.25) is 9.59 Å². The van der Waals surface area contributed by atoms with Crippen molar-refractivity contribution in [3.05, 3.63) is 64.5 Å². The van der Waals surface area contributed by atoms with Crippen molar-refractivity contribution in [2.45, 2.75) is 12.8 Å². The van der Waals surface area contributed by atoms with Gasteiger partial charge in [0.25, 0.3) is 5.89 Å². The Labute approximate surface area is 181 Å². The molecule has 152 valence electrons. The summed E-state index contributed by atoms with van der Waals surface area (Å²) in [5.74, 6) is -0.0913. The van der Waals surface area contributed by atoms with E-state index < -0.39 is 5.91 Å². The molecular weight excluding hydrogens is 429 g/mol. The molecule has 2 aromatic carbocycles. The van der Waals surface area contributed by atoms with Crippen LogP contribution < -0.4 is 5.32 Å². The second kappa shape index (κ2) is 8.64. The Morgan fingerprint density at radius 1 is 1.13 bits per heavy atom. The topological polar surface area (TPSA) is 101 Å². The van der Waals surface area contributed by atoms with Crippen LogP contribution in [-0.4, -0.2) is 39.2 Å². The van der Waals surface area contributed by atoms with Crippen molar-refractivity contribution in [3.63, 3.8) is 0 Å². The molecule has 0 saturated heterocycles. The molecule has 8 nitrogen and oxygen atoms in total. The Kier molecular flexibility index (Phi) is 5.78. The van der Waals surface area contributed by atoms with Crippen LogP contribution >= 0.6 is 23.2 Å². The zero-order valence-corrected chi connectivity index (χ0v) is 17.0. The summed E-state index contributed by atoms with van der Waals surface area (Å²) >= 11 is 11.9. The van der Waals surface area contributed by atoms with Gasteiger partial charge in [-0.15, -0.1) is 0 Å². The summed E-state index contributed by atoms with van der Waals surface area (Å²) in [6.07, 6.45) is 0.521. The van der Waals surface area contributed by atoms with Crippen molar-refractivity contribution in [2.24, 2.45) is 5.10 Å². The predicted molar refractivity (Wildman–Crippen MR) is 112 cm³/mol. The number of halogens is 2. The minimum atomic E-state index is -0.451. The van der Waals surface area contributed by atoms with Crippen LogP contribution in [0.3, 0.4) is 0 Å². The minimum Gasteiger partial charge on any atom is -0.332 e. The largest absolute Gasteiger partial charge is 0.332 e. The normalized spacial score (nSPS) is 13.9. The van der Waals surface area contributed by atoms with E-state index in [0.717, 1.165) is 10.6 Å². The van der Waals surface area contributed by atoms with Crippen molar-refractivity contribution in [1.29, 1.82) is 0 Å². The van der Waals surface area contributed by atoms with Gasteiger partial charge in [-0.1, -0.05) is 58.7 Å². The molecule has 0 unspecified atom stereocenters. The second-order valence-electron chi connectivity index (χ2n) is 6.46. The summed E-state index contributed by atoms with van der Waals surface area (Å²) in [5, 5.41) is 12.7. The molecule has 1 aliphatic rings. The van der Waals surface area contributed by atoms with Crippen LogP contribution in [0.1, 0.15) is 18.7 Å². The molecule has 0 fully saturated rings. The van der Waals surface area contributed by atoms with Crippen LogP contribution in [0.2, 0.25) is 10.0 Å². The van der Waals surface area contributed by atoms with E-state index in [0.29, 0.717) is 33.7 Å². The van der Waals surface area contributed by atoms with Gasteiger partial charge in [0.15, 0.2) is 0 Å². The number of hydrogen-bond donors (Lipinski definition) is 1. The maximum Gasteiger partial charge on any atom is 0.274 e. The van der Waals surface area contributed by atoms with Gasteiger partial charge in [-0.05, 0) is 18.2 Å². The van der Waals surface area contributed by atoms with Gasteiger partial charge in [0.1, 0.15) is 12.3 Å². The lowest BCUT2D eigenvalue weighted by atomic mass is 10.1. The van der Waals surface area contributed by atoms with E-state index in [4.69, 9.17) is 27.7 Å². The zero-order valence-electron chi connectivity index (χ0n) is 15.5. The molecule has 0 atom stereocenters. The third kappa shape index (κ3) is 4.50. The number of nitrogens with one attached hydrogen (secondary N) is 1. The first-order valence-electron chi connectivity index (χ1n) is 9.02. The predicted octanol–water partition coefficient (Wildman–Crippen LogP) is 4.01. The number of hydrogen-bond acceptors (Lipinski definition) is 6. The maximum absolute atomic E-state index is 12.4. The molecule has 0 saturated carbocycles. The number of carbonyl (C=O) groups excluding carboxylic acids is 2. The Hall–Kier alpha value is -3.23. The van der Waals surface area contributed by atoms with Crippen molar-refractivity contribution < 1.29 is 14.1 Å². The van der Waals surface area contributed by atoms with Crippen LogP contribution in [0.4, 0.5) is 5.69 Å². The molecule has 2 heterocycles. The highest BCUT2D eigenvalue weighted by Crippen LogP contribution is 2.25. The monoisotopic (exact) mass is 443 g/mol. The number of benzene rings is 2. The molecule has 0 spiro atoms. The molecule has 1 aliphatic heterocycles. The first-order chi connectivity index (χ1) is 14.5. The lowest BCUT2D eigenvalue weighted by Gasteiger charge is -2.21. The van der Waals surface area contributed by atoms with Crippen LogP contribution in [-0.2, 0) is 9.59 Å². The Balaban J connectivity index is 1.48. The summed E-state index contributed by atoms with van der Waals surface area (Å²) in [5.41, 5.74) is 1.64. The van der Waals surface area contributed by atoms with E-state index in [1.54, 1.807) is 12.1 Å². The van der Waals surface area contributed by atoms with Crippen molar-refractivity contribution >= 4 is 46.4 Å². The third-order valence-corrected chi connectivity index (χ3v) is 4.86. The summed E-state index contributed by atoms with van der Waals surface area (Å²) in [4.78, 5) is 29.0. The summed E-state index contributed by atoms with van der Waals surface area (Å²) in [6.45, 7) is -0.277. The van der Waals surface area contributed by atoms with Crippen molar-refractivity contribution in [3.8, 4) is 11.4 Å². The lowest BCUT2D eigenvalue weighted by molar-refractivity contribution is -0.135. The van der Waals surface area contributed by atoms with E-state index >= 15 is 0 Å². The average Bonchev–Trinajstić information content (AvgIpc) is 3.23. The molecule has 1 N–H and O–H groups in total. The number of aromatic nitrogens is 2. The fraction of sp³-hybridized carbons (Fsp3) is 0.150. The molecule has 0 aliphatic carbocycles. The number of hydrazone groups is 1. The van der Waals surface area contributed by atoms with E-state index in [1.807, 2.05) is 30.3 Å². The van der Waals surface area contributed by atoms with Gasteiger partial charge >= 0.3 is 0 Å². The number of nitrogens with zero attached hydrogens (tertiary/aromatic N) is 4. The zero-order chi connectivity index (χ0) is 21.1. The first kappa shape index (κ1) is 20.1. The second-order valence-corrected chi connectivity index (χ2v) is 7.30. The van der Waals surface area contributed by atoms with E-state index in [-0.39, 0.29) is 24.8 Å². The highest BCUT2D eigenvalue weighted by Gasteiger charge is 2.26. The number of anilines is 1. The van der Waals surface area contributed by atoms with Crippen molar-refractivity contribution in [1.82, 2.24) is 15.1 Å². The van der Waals surface area contributed by atoms with E-state index in [2.05, 4.69) is 20.6 Å². The molecule has 3 aromatic rings. The molecule has 2 amide bonds. The SMILES string of the molecule is O=C(CN1N=C(c2nc(-c3ccccc3)no2)CCC1=O)Nc1ccc(Cl)cc1Cl. The molecule has 0 bridgehead atoms. The maximum atomic E-state index is 12.4. The summed E-state index contributed by atoms with van der Waals surface area (Å²) in [6, 6.07) is 14.1. The lowest BCUT2D eigenvalue weighted by Crippen LogP contribution is -2.38. The third-order valence-electron chi connectivity index (χ3n) is 4.31. The van der Waals surface area contributed by atoms with E-state index in [1.165, 1.54) is 6.07 Å². The van der Waals surface area contributed by atoms with Crippen LogP contribution in [0.5, 0.6) is 0 Å². The summed E-state index contributed by atoms with van der Waals surface area (Å²) < 4.78 is 5.31. The van der Waals surface area contributed by atoms with Crippen LogP contribution in [0, 0.1) is 0 Å². The molecule has 1 aromatic heterocycles. The quantitative estimate of drug-likeness (QED) is 0.641. The van der Waals surface area contributed by atoms with Crippen LogP contribution in [0.25, 0.3) is 11.4 Å². The molecule has 30 heavy (non-hydrogen) atoms. The van der Waals surface area contributed by atoms with Gasteiger partial charge < -0.3 is 9.84 Å². The average molecular weight is 444 g/mol. The smallest absolute Gasteiger partial charge is 0.274 e. The van der Waals surface area contributed by atoms with Gasteiger partial charge in [-0.25, -0.2) is 5.01 Å². The fourth-order valence-corrected chi connectivity index (χ4v) is 3.30. The minimum absolute atomic E-state index is 0.177. The van der Waals surface area contributed by atoms with Gasteiger partial charge in [0.05, 0.1) is 10.7 Å².